The zero-order chi connectivity index (χ0) is 20.0. The van der Waals surface area contributed by atoms with E-state index in [1.54, 1.807) is 6.92 Å². The van der Waals surface area contributed by atoms with Crippen molar-refractivity contribution in [2.75, 3.05) is 13.3 Å². The number of fused-ring (bicyclic) bond motifs is 1. The maximum Gasteiger partial charge on any atom is 0.479 e. The van der Waals surface area contributed by atoms with Gasteiger partial charge in [-0.3, -0.25) is 13.7 Å². The molecule has 6 atom stereocenters. The van der Waals surface area contributed by atoms with Gasteiger partial charge in [-0.25, -0.2) is 23.8 Å². The maximum atomic E-state index is 11.6. The van der Waals surface area contributed by atoms with Gasteiger partial charge in [0.05, 0.1) is 18.6 Å². The molecule has 0 radical (unpaired) electrons. The van der Waals surface area contributed by atoms with Gasteiger partial charge in [0.2, 0.25) is 0 Å². The molecule has 3 rings (SSSR count). The number of hydrogen-bond acceptors (Lipinski definition) is 10. The van der Waals surface area contributed by atoms with Crippen molar-refractivity contribution in [3.63, 3.8) is 0 Å². The standard InChI is InChI=1S/C12H18N4O9P2/c1-6-8-11(14-4-13-6)16(5-15-8)12-10(18)9(17)7(24-12)3-23-27(21,22)25-26(2,19)20/h4-5,7,9-10,12,17-18H,3H2,1-2H3,(H,19,20)(H,21,22). The van der Waals surface area contributed by atoms with Crippen molar-refractivity contribution in [1.82, 2.24) is 19.5 Å². The first-order chi connectivity index (χ1) is 12.5. The fourth-order valence-electron chi connectivity index (χ4n) is 2.63. The van der Waals surface area contributed by atoms with Crippen LogP contribution in [0.2, 0.25) is 0 Å². The van der Waals surface area contributed by atoms with Crippen LogP contribution in [0.4, 0.5) is 0 Å². The molecule has 6 unspecified atom stereocenters. The Morgan fingerprint density at radius 1 is 1.22 bits per heavy atom. The molecular formula is C12H18N4O9P2. The monoisotopic (exact) mass is 424 g/mol. The van der Waals surface area contributed by atoms with Crippen molar-refractivity contribution in [1.29, 1.82) is 0 Å². The molecule has 0 aromatic carbocycles. The first-order valence-electron chi connectivity index (χ1n) is 7.63. The molecule has 27 heavy (non-hydrogen) atoms. The molecule has 150 valence electrons. The van der Waals surface area contributed by atoms with Crippen LogP contribution < -0.4 is 0 Å². The van der Waals surface area contributed by atoms with Crippen LogP contribution in [0.25, 0.3) is 11.2 Å². The third kappa shape index (κ3) is 4.43. The number of nitrogens with zero attached hydrogens (tertiary/aromatic N) is 4. The van der Waals surface area contributed by atoms with Crippen LogP contribution in [0.3, 0.4) is 0 Å². The third-order valence-electron chi connectivity index (χ3n) is 3.81. The van der Waals surface area contributed by atoms with Gasteiger partial charge < -0.3 is 24.7 Å². The molecule has 0 amide bonds. The number of phosphoric ester groups is 1. The minimum Gasteiger partial charge on any atom is -0.387 e. The van der Waals surface area contributed by atoms with Crippen molar-refractivity contribution in [3.05, 3.63) is 18.3 Å². The lowest BCUT2D eigenvalue weighted by atomic mass is 10.1. The highest BCUT2D eigenvalue weighted by molar-refractivity contribution is 7.63. The van der Waals surface area contributed by atoms with Crippen molar-refractivity contribution < 1.29 is 42.7 Å². The number of phosphoric acid groups is 1. The molecule has 0 spiro atoms. The van der Waals surface area contributed by atoms with E-state index in [4.69, 9.17) is 9.63 Å². The average Bonchev–Trinajstić information content (AvgIpc) is 3.07. The van der Waals surface area contributed by atoms with Crippen molar-refractivity contribution in [2.45, 2.75) is 31.5 Å². The highest BCUT2D eigenvalue weighted by Gasteiger charge is 2.45. The molecular weight excluding hydrogens is 406 g/mol. The van der Waals surface area contributed by atoms with Crippen molar-refractivity contribution in [3.8, 4) is 0 Å². The first-order valence-corrected chi connectivity index (χ1v) is 11.2. The lowest BCUT2D eigenvalue weighted by molar-refractivity contribution is -0.0501. The van der Waals surface area contributed by atoms with E-state index in [1.807, 2.05) is 0 Å². The van der Waals surface area contributed by atoms with Gasteiger partial charge in [-0.1, -0.05) is 0 Å². The summed E-state index contributed by atoms with van der Waals surface area (Å²) >= 11 is 0. The zero-order valence-electron chi connectivity index (χ0n) is 14.2. The molecule has 0 aliphatic carbocycles. The SMILES string of the molecule is Cc1ncnc2c1ncn2C1OC(COP(=O)(O)OP(C)(=O)O)C(O)C1O. The second-order valence-electron chi connectivity index (χ2n) is 5.98. The number of aromatic nitrogens is 4. The number of ether oxygens (including phenoxy) is 1. The van der Waals surface area contributed by atoms with Gasteiger partial charge in [-0.05, 0) is 6.92 Å². The Kier molecular flexibility index (Phi) is 5.52. The molecule has 3 heterocycles. The average molecular weight is 424 g/mol. The van der Waals surface area contributed by atoms with E-state index >= 15 is 0 Å². The molecule has 0 saturated carbocycles. The van der Waals surface area contributed by atoms with Crippen LogP contribution in [0.1, 0.15) is 11.9 Å². The summed E-state index contributed by atoms with van der Waals surface area (Å²) in [5.41, 5.74) is 1.46. The maximum absolute atomic E-state index is 11.6. The molecule has 4 N–H and O–H groups in total. The number of hydrogen-bond donors (Lipinski definition) is 4. The van der Waals surface area contributed by atoms with Gasteiger partial charge in [-0.2, -0.15) is 0 Å². The summed E-state index contributed by atoms with van der Waals surface area (Å²) in [6.45, 7) is 1.77. The summed E-state index contributed by atoms with van der Waals surface area (Å²) < 4.78 is 38.3. The predicted octanol–water partition coefficient (Wildman–Crippen LogP) is -0.297. The second-order valence-corrected chi connectivity index (χ2v) is 9.43. The van der Waals surface area contributed by atoms with Crippen LogP contribution in [-0.4, -0.2) is 71.1 Å². The highest BCUT2D eigenvalue weighted by Crippen LogP contribution is 2.58. The molecule has 2 aromatic heterocycles. The van der Waals surface area contributed by atoms with E-state index in [9.17, 15) is 24.2 Å². The Hall–Kier alpha value is -1.27. The quantitative estimate of drug-likeness (QED) is 0.444. The number of aryl methyl sites for hydroxylation is 1. The van der Waals surface area contributed by atoms with E-state index in [1.165, 1.54) is 17.2 Å². The summed E-state index contributed by atoms with van der Waals surface area (Å²) in [6.07, 6.45) is -2.54. The van der Waals surface area contributed by atoms with Crippen LogP contribution >= 0.6 is 15.4 Å². The second kappa shape index (κ2) is 7.28. The Balaban J connectivity index is 1.75. The highest BCUT2D eigenvalue weighted by atomic mass is 31.3. The summed E-state index contributed by atoms with van der Waals surface area (Å²) in [5.74, 6) is 0. The predicted molar refractivity (Wildman–Crippen MR) is 88.6 cm³/mol. The number of aliphatic hydroxyl groups excluding tert-OH is 2. The van der Waals surface area contributed by atoms with E-state index in [0.29, 0.717) is 23.5 Å². The Morgan fingerprint density at radius 2 is 1.93 bits per heavy atom. The van der Waals surface area contributed by atoms with Gasteiger partial charge in [0.1, 0.15) is 30.2 Å². The zero-order valence-corrected chi connectivity index (χ0v) is 16.0. The van der Waals surface area contributed by atoms with Crippen LogP contribution in [0, 0.1) is 6.92 Å². The summed E-state index contributed by atoms with van der Waals surface area (Å²) in [5, 5.41) is 20.4. The molecule has 1 saturated heterocycles. The Morgan fingerprint density at radius 3 is 2.59 bits per heavy atom. The fraction of sp³-hybridized carbons (Fsp3) is 0.583. The van der Waals surface area contributed by atoms with Crippen molar-refractivity contribution >= 4 is 26.6 Å². The normalized spacial score (nSPS) is 30.3. The first kappa shape index (κ1) is 20.5. The Labute approximate surface area is 152 Å². The van der Waals surface area contributed by atoms with Crippen LogP contribution in [-0.2, 0) is 22.7 Å². The molecule has 1 aliphatic rings. The molecule has 13 nitrogen and oxygen atoms in total. The fourth-order valence-corrected chi connectivity index (χ4v) is 4.69. The number of aliphatic hydroxyl groups is 2. The van der Waals surface area contributed by atoms with Crippen LogP contribution in [0.15, 0.2) is 12.7 Å². The number of imidazole rings is 1. The van der Waals surface area contributed by atoms with Gasteiger partial charge in [0.15, 0.2) is 11.9 Å². The smallest absolute Gasteiger partial charge is 0.387 e. The molecule has 0 bridgehead atoms. The lowest BCUT2D eigenvalue weighted by Crippen LogP contribution is -2.33. The minimum atomic E-state index is -4.86. The van der Waals surface area contributed by atoms with Gasteiger partial charge >= 0.3 is 15.4 Å². The summed E-state index contributed by atoms with van der Waals surface area (Å²) in [4.78, 5) is 30.7. The van der Waals surface area contributed by atoms with Gasteiger partial charge in [0.25, 0.3) is 0 Å². The summed E-state index contributed by atoms with van der Waals surface area (Å²) in [6, 6.07) is 0. The lowest BCUT2D eigenvalue weighted by Gasteiger charge is -2.18. The summed E-state index contributed by atoms with van der Waals surface area (Å²) in [7, 11) is -9.14. The van der Waals surface area contributed by atoms with Gasteiger partial charge in [0, 0.05) is 6.66 Å². The minimum absolute atomic E-state index is 0.365. The largest absolute Gasteiger partial charge is 0.479 e. The topological polar surface area (TPSA) is 186 Å². The van der Waals surface area contributed by atoms with Gasteiger partial charge in [-0.15, -0.1) is 0 Å². The van der Waals surface area contributed by atoms with E-state index in [0.717, 1.165) is 0 Å². The van der Waals surface area contributed by atoms with E-state index in [-0.39, 0.29) is 0 Å². The molecule has 1 fully saturated rings. The Bertz CT molecular complexity index is 931. The van der Waals surface area contributed by atoms with E-state index < -0.39 is 46.6 Å². The van der Waals surface area contributed by atoms with E-state index in [2.05, 4.69) is 23.8 Å². The molecule has 2 aromatic rings. The number of rotatable bonds is 6. The molecule has 15 heteroatoms. The van der Waals surface area contributed by atoms with Crippen molar-refractivity contribution in [2.24, 2.45) is 0 Å². The van der Waals surface area contributed by atoms with Crippen LogP contribution in [0.5, 0.6) is 0 Å². The third-order valence-corrected chi connectivity index (χ3v) is 6.32. The molecule has 1 aliphatic heterocycles.